The van der Waals surface area contributed by atoms with Crippen molar-refractivity contribution in [1.82, 2.24) is 4.58 Å². The zero-order chi connectivity index (χ0) is 54.7. The summed E-state index contributed by atoms with van der Waals surface area (Å²) in [5.74, 6) is 0.281. The number of benzene rings is 2. The molecular weight excluding hydrogens is 881 g/mol. The van der Waals surface area contributed by atoms with E-state index in [1.165, 1.54) is 36.7 Å². The molecule has 0 amide bonds. The highest BCUT2D eigenvalue weighted by Gasteiger charge is 2.43. The largest absolute Gasteiger partial charge is 0.481 e. The number of rotatable bonds is 33. The number of hydrogen-bond acceptors (Lipinski definition) is 3. The number of nitrogens with zero attached hydrogens (tertiary/aromatic N) is 2. The number of carboxylic acid groups (broad SMARTS) is 1. The Hall–Kier alpha value is -2.82. The van der Waals surface area contributed by atoms with Crippen LogP contribution in [0.15, 0.2) is 40.8 Å². The zero-order valence-electron chi connectivity index (χ0n) is 51.6. The van der Waals surface area contributed by atoms with Crippen molar-refractivity contribution in [2.75, 3.05) is 31.1 Å². The zero-order valence-corrected chi connectivity index (χ0v) is 51.6. The minimum absolute atomic E-state index is 0.0274. The molecule has 1 heterocycles. The van der Waals surface area contributed by atoms with Gasteiger partial charge in [0.1, 0.15) is 24.4 Å². The molecule has 1 aromatic rings. The van der Waals surface area contributed by atoms with Crippen molar-refractivity contribution in [2.45, 2.75) is 261 Å². The van der Waals surface area contributed by atoms with Crippen LogP contribution < -0.4 is 14.8 Å². The third-order valence-electron chi connectivity index (χ3n) is 16.5. The van der Waals surface area contributed by atoms with Gasteiger partial charge in [-0.05, 0) is 144 Å². The molecule has 1 unspecified atom stereocenters. The number of unbranched alkanes of at least 4 members (excludes halogenated alkanes) is 4. The van der Waals surface area contributed by atoms with Crippen LogP contribution in [0, 0.1) is 55.2 Å². The minimum Gasteiger partial charge on any atom is -0.481 e. The number of anilines is 1. The summed E-state index contributed by atoms with van der Waals surface area (Å²) in [7, 11) is 0. The topological polar surface area (TPSA) is 56.7 Å². The van der Waals surface area contributed by atoms with Crippen LogP contribution in [0.3, 0.4) is 0 Å². The summed E-state index contributed by atoms with van der Waals surface area (Å²) in [6.45, 7) is 57.5. The van der Waals surface area contributed by atoms with Gasteiger partial charge >= 0.3 is 5.97 Å². The first-order valence-corrected chi connectivity index (χ1v) is 29.6. The van der Waals surface area contributed by atoms with E-state index >= 15 is 0 Å². The molecule has 1 aliphatic heterocycles. The van der Waals surface area contributed by atoms with E-state index in [0.717, 1.165) is 125 Å². The van der Waals surface area contributed by atoms with E-state index in [1.807, 2.05) is 0 Å². The summed E-state index contributed by atoms with van der Waals surface area (Å²) in [4.78, 5) is 16.1. The second kappa shape index (κ2) is 25.8. The molecule has 1 N–H and O–H groups in total. The van der Waals surface area contributed by atoms with E-state index in [1.54, 1.807) is 0 Å². The molecule has 0 aromatic heterocycles. The van der Waals surface area contributed by atoms with Crippen LogP contribution >= 0.6 is 0 Å². The Balaban J connectivity index is 1.94. The molecule has 1 aromatic carbocycles. The van der Waals surface area contributed by atoms with E-state index in [4.69, 9.17) is 4.42 Å². The Morgan fingerprint density at radius 2 is 1.00 bits per heavy atom. The second-order valence-electron chi connectivity index (χ2n) is 30.3. The Morgan fingerprint density at radius 1 is 0.569 bits per heavy atom. The predicted molar refractivity (Wildman–Crippen MR) is 317 cm³/mol. The maximum Gasteiger partial charge on any atom is 0.306 e. The van der Waals surface area contributed by atoms with Crippen LogP contribution in [0.25, 0.3) is 22.3 Å². The standard InChI is InChI=1S/C67H116N2O3/c1-23-27-35-68(36-28-24-2)52-31-33-54-56(55-34-32-53(41-58(55)72-57(54)40-52)69(37-29-25-3)38-30-26-4)39-51(59(70)71)42-60(7,8)43-61(9,10)44-62(11,12)45-63(13,14)46-64(15,16)47-65(17,18)48-66(19,20)49-67(21,22)50(5)6/h31-34,40-41,50-51H,23-30,35-39,42-49H2,1-22H3/p+1. The maximum absolute atomic E-state index is 13.6. The summed E-state index contributed by atoms with van der Waals surface area (Å²) in [6, 6.07) is 13.5. The van der Waals surface area contributed by atoms with Crippen molar-refractivity contribution >= 4 is 22.6 Å². The Bertz CT molecular complexity index is 2160. The highest BCUT2D eigenvalue weighted by Crippen LogP contribution is 2.54. The van der Waals surface area contributed by atoms with Crippen LogP contribution in [0.4, 0.5) is 5.69 Å². The van der Waals surface area contributed by atoms with Gasteiger partial charge in [-0.3, -0.25) is 4.79 Å². The number of hydrogen-bond donors (Lipinski definition) is 1. The van der Waals surface area contributed by atoms with Crippen molar-refractivity contribution in [3.05, 3.63) is 47.3 Å². The maximum atomic E-state index is 13.6. The first-order valence-electron chi connectivity index (χ1n) is 29.6. The van der Waals surface area contributed by atoms with Gasteiger partial charge in [-0.25, -0.2) is 4.58 Å². The van der Waals surface area contributed by atoms with E-state index < -0.39 is 11.9 Å². The number of aliphatic carboxylic acids is 1. The molecule has 2 aliphatic rings. The molecule has 0 fully saturated rings. The first-order chi connectivity index (χ1) is 33.0. The normalized spacial score (nSPS) is 14.2. The van der Waals surface area contributed by atoms with Crippen molar-refractivity contribution < 1.29 is 14.3 Å². The third kappa shape index (κ3) is 20.4. The van der Waals surface area contributed by atoms with Crippen molar-refractivity contribution in [2.24, 2.45) is 55.2 Å². The highest BCUT2D eigenvalue weighted by molar-refractivity contribution is 5.90. The van der Waals surface area contributed by atoms with Crippen LogP contribution in [-0.2, 0) is 11.2 Å². The average Bonchev–Trinajstić information content (AvgIpc) is 3.19. The predicted octanol–water partition coefficient (Wildman–Crippen LogP) is 19.5. The lowest BCUT2D eigenvalue weighted by Crippen LogP contribution is -2.36. The van der Waals surface area contributed by atoms with Crippen LogP contribution in [0.1, 0.15) is 261 Å². The van der Waals surface area contributed by atoms with E-state index in [0.29, 0.717) is 24.2 Å². The molecule has 5 nitrogen and oxygen atoms in total. The van der Waals surface area contributed by atoms with Crippen LogP contribution in [0.5, 0.6) is 0 Å². The van der Waals surface area contributed by atoms with Gasteiger partial charge in [0.2, 0.25) is 5.36 Å². The molecule has 0 saturated heterocycles. The summed E-state index contributed by atoms with van der Waals surface area (Å²) in [5.41, 5.74) is 5.42. The van der Waals surface area contributed by atoms with Crippen molar-refractivity contribution in [3.8, 4) is 11.3 Å². The van der Waals surface area contributed by atoms with E-state index in [9.17, 15) is 9.90 Å². The molecule has 1 aliphatic carbocycles. The smallest absolute Gasteiger partial charge is 0.306 e. The molecule has 5 heteroatoms. The number of fused-ring (bicyclic) bond motifs is 2. The van der Waals surface area contributed by atoms with E-state index in [-0.39, 0.29) is 37.9 Å². The molecule has 412 valence electrons. The van der Waals surface area contributed by atoms with Crippen LogP contribution in [0.2, 0.25) is 0 Å². The van der Waals surface area contributed by atoms with Gasteiger partial charge in [-0.2, -0.15) is 0 Å². The van der Waals surface area contributed by atoms with Gasteiger partial charge in [0.15, 0.2) is 0 Å². The SMILES string of the molecule is CCCCN(CCCC)c1ccc2c(CC(CC(C)(C)CC(C)(C)CC(C)(C)CC(C)(C)CC(C)(C)CC(C)(C)CC(C)(C)CC(C)(C)C(C)C)C(=O)O)c3ccc(=[N+](CCCC)CCCC)cc-3oc2c1. The minimum atomic E-state index is -0.706. The molecule has 72 heavy (non-hydrogen) atoms. The Morgan fingerprint density at radius 3 is 1.42 bits per heavy atom. The van der Waals surface area contributed by atoms with Crippen LogP contribution in [-0.4, -0.2) is 37.3 Å². The third-order valence-corrected chi connectivity index (χ3v) is 16.5. The summed E-state index contributed by atoms with van der Waals surface area (Å²) in [6.07, 6.45) is 18.4. The molecule has 0 saturated carbocycles. The number of carbonyl (C=O) groups is 1. The van der Waals surface area contributed by atoms with Crippen molar-refractivity contribution in [1.29, 1.82) is 0 Å². The van der Waals surface area contributed by atoms with Crippen molar-refractivity contribution in [3.63, 3.8) is 0 Å². The average molecular weight is 999 g/mol. The quantitative estimate of drug-likeness (QED) is 0.0488. The summed E-state index contributed by atoms with van der Waals surface area (Å²) in [5, 5.41) is 13.4. The summed E-state index contributed by atoms with van der Waals surface area (Å²) < 4.78 is 9.48. The van der Waals surface area contributed by atoms with E-state index in [2.05, 4.69) is 198 Å². The first kappa shape index (κ1) is 63.5. The lowest BCUT2D eigenvalue weighted by molar-refractivity contribution is -0.143. The fraction of sp³-hybridized carbons (Fsp3) is 0.791. The number of carboxylic acids is 1. The van der Waals surface area contributed by atoms with Gasteiger partial charge in [-0.1, -0.05) is 178 Å². The Labute approximate surface area is 445 Å². The molecule has 3 rings (SSSR count). The van der Waals surface area contributed by atoms with Gasteiger partial charge in [-0.15, -0.1) is 0 Å². The lowest BCUT2D eigenvalue weighted by atomic mass is 9.58. The Kier molecular flexibility index (Phi) is 22.8. The molecular formula is C67H117N2O3+. The van der Waals surface area contributed by atoms with Gasteiger partial charge in [0.25, 0.3) is 0 Å². The fourth-order valence-electron chi connectivity index (χ4n) is 15.5. The van der Waals surface area contributed by atoms with Gasteiger partial charge < -0.3 is 14.4 Å². The van der Waals surface area contributed by atoms with Gasteiger partial charge in [0, 0.05) is 54.7 Å². The molecule has 0 bridgehead atoms. The molecule has 1 atom stereocenters. The van der Waals surface area contributed by atoms with Gasteiger partial charge in [0.05, 0.1) is 12.0 Å². The lowest BCUT2D eigenvalue weighted by Gasteiger charge is -2.47. The molecule has 0 spiro atoms. The summed E-state index contributed by atoms with van der Waals surface area (Å²) >= 11 is 0. The monoisotopic (exact) mass is 998 g/mol. The molecule has 0 radical (unpaired) electrons. The highest BCUT2D eigenvalue weighted by atomic mass is 16.4. The second-order valence-corrected chi connectivity index (χ2v) is 30.3. The fourth-order valence-corrected chi connectivity index (χ4v) is 15.5.